The molecule has 0 bridgehead atoms. The van der Waals surface area contributed by atoms with Gasteiger partial charge in [0.15, 0.2) is 21.4 Å². The molecule has 1 amide bonds. The number of sulfone groups is 1. The zero-order valence-electron chi connectivity index (χ0n) is 16.0. The Kier molecular flexibility index (Phi) is 5.20. The molecule has 0 unspecified atom stereocenters. The predicted octanol–water partition coefficient (Wildman–Crippen LogP) is 3.60. The number of nitrogens with zero attached hydrogens (tertiary/aromatic N) is 2. The second-order valence-corrected chi connectivity index (χ2v) is 8.61. The summed E-state index contributed by atoms with van der Waals surface area (Å²) in [5, 5.41) is 9.59. The van der Waals surface area contributed by atoms with Crippen LogP contribution in [0.1, 0.15) is 21.9 Å². The van der Waals surface area contributed by atoms with Crippen molar-refractivity contribution in [2.75, 3.05) is 5.32 Å². The quantitative estimate of drug-likeness (QED) is 0.490. The van der Waals surface area contributed by atoms with Gasteiger partial charge in [-0.3, -0.25) is 9.89 Å². The van der Waals surface area contributed by atoms with E-state index in [0.717, 1.165) is 5.56 Å². The maximum Gasteiger partial charge on any atom is 0.291 e. The number of H-pyrrole nitrogens is 1. The van der Waals surface area contributed by atoms with Gasteiger partial charge in [0.2, 0.25) is 0 Å². The average molecular weight is 422 g/mol. The van der Waals surface area contributed by atoms with Crippen LogP contribution in [0.25, 0.3) is 11.4 Å². The SMILES string of the molecule is Cc1nc(-c2ccc(NC(=O)c3occc3CS(=O)(=O)c3ccccc3)cc2)n[nH]1. The summed E-state index contributed by atoms with van der Waals surface area (Å²) in [6.45, 7) is 1.81. The summed E-state index contributed by atoms with van der Waals surface area (Å²) in [4.78, 5) is 17.1. The highest BCUT2D eigenvalue weighted by molar-refractivity contribution is 7.90. The lowest BCUT2D eigenvalue weighted by Crippen LogP contribution is -2.14. The average Bonchev–Trinajstić information content (AvgIpc) is 3.38. The molecule has 2 aromatic heterocycles. The third-order valence-corrected chi connectivity index (χ3v) is 6.08. The Morgan fingerprint density at radius 1 is 1.07 bits per heavy atom. The zero-order chi connectivity index (χ0) is 21.1. The minimum Gasteiger partial charge on any atom is -0.459 e. The van der Waals surface area contributed by atoms with Crippen LogP contribution in [0.4, 0.5) is 5.69 Å². The molecule has 0 spiro atoms. The van der Waals surface area contributed by atoms with E-state index in [4.69, 9.17) is 4.42 Å². The van der Waals surface area contributed by atoms with Crippen LogP contribution in [0.15, 0.2) is 76.2 Å². The van der Waals surface area contributed by atoms with Crippen molar-refractivity contribution in [3.63, 3.8) is 0 Å². The number of aromatic amines is 1. The molecule has 0 saturated heterocycles. The molecule has 2 heterocycles. The first-order valence-corrected chi connectivity index (χ1v) is 10.7. The number of furan rings is 1. The summed E-state index contributed by atoms with van der Waals surface area (Å²) < 4.78 is 30.5. The van der Waals surface area contributed by atoms with Gasteiger partial charge in [0.25, 0.3) is 5.91 Å². The van der Waals surface area contributed by atoms with E-state index in [1.54, 1.807) is 42.5 Å². The summed E-state index contributed by atoms with van der Waals surface area (Å²) in [7, 11) is -3.60. The van der Waals surface area contributed by atoms with Crippen molar-refractivity contribution in [3.8, 4) is 11.4 Å². The number of hydrogen-bond donors (Lipinski definition) is 2. The highest BCUT2D eigenvalue weighted by atomic mass is 32.2. The van der Waals surface area contributed by atoms with Crippen molar-refractivity contribution in [3.05, 3.63) is 84.1 Å². The Hall–Kier alpha value is -3.72. The zero-order valence-corrected chi connectivity index (χ0v) is 16.8. The normalized spacial score (nSPS) is 11.4. The van der Waals surface area contributed by atoms with Crippen LogP contribution < -0.4 is 5.32 Å². The van der Waals surface area contributed by atoms with Gasteiger partial charge in [-0.1, -0.05) is 18.2 Å². The fourth-order valence-electron chi connectivity index (χ4n) is 2.93. The molecular formula is C21H18N4O4S. The molecule has 8 nitrogen and oxygen atoms in total. The lowest BCUT2D eigenvalue weighted by Gasteiger charge is -2.07. The molecule has 0 aliphatic rings. The van der Waals surface area contributed by atoms with Crippen LogP contribution >= 0.6 is 0 Å². The first kappa shape index (κ1) is 19.6. The second kappa shape index (κ2) is 7.96. The molecule has 0 saturated carbocycles. The maximum absolute atomic E-state index is 12.6. The Balaban J connectivity index is 1.49. The topological polar surface area (TPSA) is 118 Å². The van der Waals surface area contributed by atoms with Gasteiger partial charge in [0.1, 0.15) is 5.82 Å². The van der Waals surface area contributed by atoms with Crippen LogP contribution in [0.5, 0.6) is 0 Å². The first-order valence-electron chi connectivity index (χ1n) is 9.07. The molecular weight excluding hydrogens is 404 g/mol. The Labute approximate surface area is 172 Å². The fourth-order valence-corrected chi connectivity index (χ4v) is 4.30. The van der Waals surface area contributed by atoms with E-state index in [1.807, 2.05) is 6.92 Å². The molecule has 0 radical (unpaired) electrons. The van der Waals surface area contributed by atoms with Crippen molar-refractivity contribution in [2.45, 2.75) is 17.6 Å². The van der Waals surface area contributed by atoms with Crippen LogP contribution in [-0.4, -0.2) is 29.5 Å². The number of nitrogens with one attached hydrogen (secondary N) is 2. The fraction of sp³-hybridized carbons (Fsp3) is 0.0952. The van der Waals surface area contributed by atoms with Gasteiger partial charge >= 0.3 is 0 Å². The number of amides is 1. The van der Waals surface area contributed by atoms with Gasteiger partial charge in [-0.2, -0.15) is 5.10 Å². The minimum atomic E-state index is -3.60. The van der Waals surface area contributed by atoms with Gasteiger partial charge in [-0.15, -0.1) is 0 Å². The summed E-state index contributed by atoms with van der Waals surface area (Å²) in [5.41, 5.74) is 1.62. The van der Waals surface area contributed by atoms with E-state index in [0.29, 0.717) is 22.9 Å². The summed E-state index contributed by atoms with van der Waals surface area (Å²) in [6.07, 6.45) is 1.30. The standard InChI is InChI=1S/C21H18N4O4S/c1-14-22-20(25-24-14)15-7-9-17(10-8-15)23-21(26)19-16(11-12-29-19)13-30(27,28)18-5-3-2-4-6-18/h2-12H,13H2,1H3,(H,23,26)(H,22,24,25). The number of benzene rings is 2. The molecule has 30 heavy (non-hydrogen) atoms. The molecule has 4 rings (SSSR count). The van der Waals surface area contributed by atoms with Crippen LogP contribution in [0, 0.1) is 6.92 Å². The van der Waals surface area contributed by atoms with Gasteiger partial charge < -0.3 is 9.73 Å². The molecule has 152 valence electrons. The number of aryl methyl sites for hydroxylation is 1. The monoisotopic (exact) mass is 422 g/mol. The Bertz CT molecular complexity index is 1280. The number of aromatic nitrogens is 3. The summed E-state index contributed by atoms with van der Waals surface area (Å²) in [5.74, 6) is 0.366. The van der Waals surface area contributed by atoms with Crippen molar-refractivity contribution >= 4 is 21.4 Å². The molecule has 9 heteroatoms. The Morgan fingerprint density at radius 3 is 2.47 bits per heavy atom. The van der Waals surface area contributed by atoms with Crippen molar-refractivity contribution < 1.29 is 17.6 Å². The lowest BCUT2D eigenvalue weighted by atomic mass is 10.2. The van der Waals surface area contributed by atoms with Crippen LogP contribution in [0.3, 0.4) is 0 Å². The van der Waals surface area contributed by atoms with Crippen molar-refractivity contribution in [2.24, 2.45) is 0 Å². The van der Waals surface area contributed by atoms with Gasteiger partial charge in [0, 0.05) is 16.8 Å². The minimum absolute atomic E-state index is 0.0387. The number of carbonyl (C=O) groups is 1. The van der Waals surface area contributed by atoms with Gasteiger partial charge in [-0.25, -0.2) is 13.4 Å². The van der Waals surface area contributed by atoms with E-state index in [2.05, 4.69) is 20.5 Å². The predicted molar refractivity (Wildman–Crippen MR) is 111 cm³/mol. The van der Waals surface area contributed by atoms with E-state index in [-0.39, 0.29) is 16.4 Å². The van der Waals surface area contributed by atoms with Crippen molar-refractivity contribution in [1.82, 2.24) is 15.2 Å². The smallest absolute Gasteiger partial charge is 0.291 e. The largest absolute Gasteiger partial charge is 0.459 e. The van der Waals surface area contributed by atoms with E-state index < -0.39 is 15.7 Å². The first-order chi connectivity index (χ1) is 14.4. The number of rotatable bonds is 6. The van der Waals surface area contributed by atoms with E-state index in [9.17, 15) is 13.2 Å². The third kappa shape index (κ3) is 4.15. The van der Waals surface area contributed by atoms with Crippen LogP contribution in [-0.2, 0) is 15.6 Å². The van der Waals surface area contributed by atoms with Crippen LogP contribution in [0.2, 0.25) is 0 Å². The maximum atomic E-state index is 12.6. The summed E-state index contributed by atoms with van der Waals surface area (Å²) in [6, 6.07) is 16.6. The van der Waals surface area contributed by atoms with E-state index in [1.165, 1.54) is 24.5 Å². The molecule has 0 aliphatic heterocycles. The second-order valence-electron chi connectivity index (χ2n) is 6.62. The highest BCUT2D eigenvalue weighted by Gasteiger charge is 2.22. The number of carbonyl (C=O) groups excluding carboxylic acids is 1. The molecule has 4 aromatic rings. The molecule has 0 fully saturated rings. The van der Waals surface area contributed by atoms with Crippen molar-refractivity contribution in [1.29, 1.82) is 0 Å². The van der Waals surface area contributed by atoms with Gasteiger partial charge in [-0.05, 0) is 49.4 Å². The molecule has 2 N–H and O–H groups in total. The number of anilines is 1. The van der Waals surface area contributed by atoms with E-state index >= 15 is 0 Å². The lowest BCUT2D eigenvalue weighted by molar-refractivity contribution is 0.0996. The highest BCUT2D eigenvalue weighted by Crippen LogP contribution is 2.22. The number of hydrogen-bond acceptors (Lipinski definition) is 6. The molecule has 0 atom stereocenters. The third-order valence-electron chi connectivity index (χ3n) is 4.40. The summed E-state index contributed by atoms with van der Waals surface area (Å²) >= 11 is 0. The molecule has 0 aliphatic carbocycles. The Morgan fingerprint density at radius 2 is 1.80 bits per heavy atom. The molecule has 2 aromatic carbocycles. The van der Waals surface area contributed by atoms with Gasteiger partial charge in [0.05, 0.1) is 16.9 Å².